The molecule has 35 heavy (non-hydrogen) atoms. The van der Waals surface area contributed by atoms with Gasteiger partial charge in [0.25, 0.3) is 0 Å². The minimum Gasteiger partial charge on any atom is -0.444 e. The summed E-state index contributed by atoms with van der Waals surface area (Å²) < 4.78 is 57.3. The predicted octanol–water partition coefficient (Wildman–Crippen LogP) is 4.12. The summed E-state index contributed by atoms with van der Waals surface area (Å²) in [6.07, 6.45) is -3.83. The number of ether oxygens (including phenoxy) is 3. The number of amides is 1. The van der Waals surface area contributed by atoms with Crippen molar-refractivity contribution < 1.29 is 32.2 Å². The molecule has 3 atom stereocenters. The summed E-state index contributed by atoms with van der Waals surface area (Å²) in [4.78, 5) is 20.2. The van der Waals surface area contributed by atoms with Gasteiger partial charge in [0.2, 0.25) is 0 Å². The Morgan fingerprint density at radius 1 is 1.14 bits per heavy atom. The largest absolute Gasteiger partial charge is 0.444 e. The molecular formula is C24H35F3N4O4. The number of alkyl halides is 3. The van der Waals surface area contributed by atoms with Crippen LogP contribution >= 0.6 is 0 Å². The number of anilines is 1. The van der Waals surface area contributed by atoms with Crippen LogP contribution in [0.15, 0.2) is 18.2 Å². The number of piperidine rings is 2. The molecule has 1 amide bonds. The second kappa shape index (κ2) is 9.40. The molecule has 1 aromatic heterocycles. The topological polar surface area (TPSA) is 76.2 Å². The van der Waals surface area contributed by atoms with Gasteiger partial charge >= 0.3 is 12.3 Å². The van der Waals surface area contributed by atoms with Gasteiger partial charge in [0, 0.05) is 32.2 Å². The zero-order valence-corrected chi connectivity index (χ0v) is 20.9. The van der Waals surface area contributed by atoms with E-state index in [1.807, 2.05) is 34.6 Å². The highest BCUT2D eigenvalue weighted by atomic mass is 19.4. The minimum atomic E-state index is -4.52. The lowest BCUT2D eigenvalue weighted by molar-refractivity contribution is -0.145. The zero-order chi connectivity index (χ0) is 25.6. The van der Waals surface area contributed by atoms with E-state index < -0.39 is 23.3 Å². The standard InChI is InChI=1S/C24H35F3N4O4/c1-22(2,3)35-21(32)30-11-9-15(10-12-30)31-13-16(20-17(14-31)33-23(4,5)34-20)28-19-8-6-7-18(29-19)24(25,26)27/h6-8,15-17,20H,9-14H2,1-5H3,(H,28,29)/t16-,17-,20+/m0/s1. The van der Waals surface area contributed by atoms with Crippen molar-refractivity contribution in [1.82, 2.24) is 14.8 Å². The average molecular weight is 501 g/mol. The van der Waals surface area contributed by atoms with Crippen LogP contribution in [-0.4, -0.2) is 82.7 Å². The highest BCUT2D eigenvalue weighted by Gasteiger charge is 2.50. The summed E-state index contributed by atoms with van der Waals surface area (Å²) >= 11 is 0. The average Bonchev–Trinajstić information content (AvgIpc) is 3.06. The first kappa shape index (κ1) is 26.0. The Morgan fingerprint density at radius 2 is 1.83 bits per heavy atom. The van der Waals surface area contributed by atoms with Crippen LogP contribution in [0.4, 0.5) is 23.8 Å². The molecule has 3 saturated heterocycles. The number of carbonyl (C=O) groups excluding carboxylic acids is 1. The van der Waals surface area contributed by atoms with Gasteiger partial charge in [-0.15, -0.1) is 0 Å². The molecule has 3 aliphatic heterocycles. The second-order valence-electron chi connectivity index (χ2n) is 10.9. The van der Waals surface area contributed by atoms with Crippen LogP contribution in [0.2, 0.25) is 0 Å². The maximum Gasteiger partial charge on any atom is 0.433 e. The van der Waals surface area contributed by atoms with E-state index >= 15 is 0 Å². The van der Waals surface area contributed by atoms with Crippen molar-refractivity contribution in [2.45, 2.75) is 89.3 Å². The van der Waals surface area contributed by atoms with Gasteiger partial charge in [0.05, 0.1) is 6.04 Å². The van der Waals surface area contributed by atoms with Crippen molar-refractivity contribution in [3.63, 3.8) is 0 Å². The van der Waals surface area contributed by atoms with E-state index in [2.05, 4.69) is 15.2 Å². The summed E-state index contributed by atoms with van der Waals surface area (Å²) in [7, 11) is 0. The van der Waals surface area contributed by atoms with Gasteiger partial charge < -0.3 is 24.4 Å². The molecule has 0 aromatic carbocycles. The number of carbonyl (C=O) groups is 1. The number of halogens is 3. The van der Waals surface area contributed by atoms with Crippen molar-refractivity contribution in [3.05, 3.63) is 23.9 Å². The lowest BCUT2D eigenvalue weighted by Gasteiger charge is -2.45. The van der Waals surface area contributed by atoms with E-state index in [1.54, 1.807) is 4.90 Å². The Balaban J connectivity index is 1.45. The molecular weight excluding hydrogens is 465 g/mol. The summed E-state index contributed by atoms with van der Waals surface area (Å²) in [6.45, 7) is 11.6. The van der Waals surface area contributed by atoms with Gasteiger partial charge in [-0.25, -0.2) is 9.78 Å². The highest BCUT2D eigenvalue weighted by Crippen LogP contribution is 2.36. The lowest BCUT2D eigenvalue weighted by atomic mass is 9.94. The SMILES string of the molecule is CC(C)(C)OC(=O)N1CCC(N2C[C@H](Nc3cccc(C(F)(F)F)n3)[C@H]3OC(C)(C)O[C@H]3C2)CC1. The molecule has 0 bridgehead atoms. The molecule has 8 nitrogen and oxygen atoms in total. The normalized spacial score (nSPS) is 28.0. The van der Waals surface area contributed by atoms with Crippen LogP contribution in [0.5, 0.6) is 0 Å². The Labute approximate surface area is 204 Å². The van der Waals surface area contributed by atoms with Crippen molar-refractivity contribution >= 4 is 11.9 Å². The number of fused-ring (bicyclic) bond motifs is 1. The third kappa shape index (κ3) is 6.37. The van der Waals surface area contributed by atoms with E-state index in [-0.39, 0.29) is 36.2 Å². The molecule has 0 unspecified atom stereocenters. The van der Waals surface area contributed by atoms with Gasteiger partial charge in [-0.2, -0.15) is 13.2 Å². The molecule has 0 spiro atoms. The molecule has 11 heteroatoms. The Morgan fingerprint density at radius 3 is 2.46 bits per heavy atom. The first-order valence-corrected chi connectivity index (χ1v) is 12.1. The monoisotopic (exact) mass is 500 g/mol. The van der Waals surface area contributed by atoms with Crippen LogP contribution in [0, 0.1) is 0 Å². The molecule has 3 aliphatic rings. The summed E-state index contributed by atoms with van der Waals surface area (Å²) in [6, 6.07) is 3.73. The third-order valence-corrected chi connectivity index (χ3v) is 6.47. The third-order valence-electron chi connectivity index (χ3n) is 6.47. The van der Waals surface area contributed by atoms with E-state index in [1.165, 1.54) is 12.1 Å². The quantitative estimate of drug-likeness (QED) is 0.669. The molecule has 0 saturated carbocycles. The lowest BCUT2D eigenvalue weighted by Crippen LogP contribution is -2.60. The van der Waals surface area contributed by atoms with E-state index in [4.69, 9.17) is 14.2 Å². The van der Waals surface area contributed by atoms with Crippen molar-refractivity contribution in [3.8, 4) is 0 Å². The molecule has 0 aliphatic carbocycles. The van der Waals surface area contributed by atoms with Gasteiger partial charge in [-0.3, -0.25) is 4.90 Å². The highest BCUT2D eigenvalue weighted by molar-refractivity contribution is 5.68. The predicted molar refractivity (Wildman–Crippen MR) is 123 cm³/mol. The van der Waals surface area contributed by atoms with E-state index in [0.717, 1.165) is 18.9 Å². The molecule has 0 radical (unpaired) electrons. The van der Waals surface area contributed by atoms with Crippen molar-refractivity contribution in [1.29, 1.82) is 0 Å². The van der Waals surface area contributed by atoms with Gasteiger partial charge in [-0.05, 0) is 59.6 Å². The van der Waals surface area contributed by atoms with Crippen molar-refractivity contribution in [2.24, 2.45) is 0 Å². The van der Waals surface area contributed by atoms with E-state index in [0.29, 0.717) is 26.2 Å². The van der Waals surface area contributed by atoms with Crippen LogP contribution in [0.1, 0.15) is 53.2 Å². The van der Waals surface area contributed by atoms with Gasteiger partial charge in [-0.1, -0.05) is 6.07 Å². The fourth-order valence-corrected chi connectivity index (χ4v) is 5.04. The number of hydrogen-bond donors (Lipinski definition) is 1. The van der Waals surface area contributed by atoms with Crippen LogP contribution in [0.25, 0.3) is 0 Å². The molecule has 4 rings (SSSR count). The van der Waals surface area contributed by atoms with Crippen molar-refractivity contribution in [2.75, 3.05) is 31.5 Å². The number of nitrogens with one attached hydrogen (secondary N) is 1. The summed E-state index contributed by atoms with van der Waals surface area (Å²) in [5.74, 6) is -0.634. The first-order valence-electron chi connectivity index (χ1n) is 12.1. The summed E-state index contributed by atoms with van der Waals surface area (Å²) in [5.41, 5.74) is -1.48. The maximum absolute atomic E-state index is 13.2. The smallest absolute Gasteiger partial charge is 0.433 e. The maximum atomic E-state index is 13.2. The van der Waals surface area contributed by atoms with Crippen LogP contribution in [0.3, 0.4) is 0 Å². The summed E-state index contributed by atoms with van der Waals surface area (Å²) in [5, 5.41) is 3.18. The molecule has 4 heterocycles. The fourth-order valence-electron chi connectivity index (χ4n) is 5.04. The number of hydrogen-bond acceptors (Lipinski definition) is 7. The van der Waals surface area contributed by atoms with Gasteiger partial charge in [0.1, 0.15) is 29.3 Å². The molecule has 1 aromatic rings. The number of nitrogens with zero attached hydrogens (tertiary/aromatic N) is 3. The molecule has 3 fully saturated rings. The minimum absolute atomic E-state index is 0.151. The van der Waals surface area contributed by atoms with E-state index in [9.17, 15) is 18.0 Å². The number of likely N-dealkylation sites (tertiary alicyclic amines) is 2. The van der Waals surface area contributed by atoms with Crippen LogP contribution in [-0.2, 0) is 20.4 Å². The Hall–Kier alpha value is -2.11. The molecule has 196 valence electrons. The second-order valence-corrected chi connectivity index (χ2v) is 10.9. The number of pyridine rings is 1. The van der Waals surface area contributed by atoms with Crippen LogP contribution < -0.4 is 5.32 Å². The number of rotatable bonds is 3. The molecule has 1 N–H and O–H groups in total. The Kier molecular flexibility index (Phi) is 6.98. The van der Waals surface area contributed by atoms with Gasteiger partial charge in [0.15, 0.2) is 5.79 Å². The zero-order valence-electron chi connectivity index (χ0n) is 20.9. The number of aromatic nitrogens is 1. The first-order chi connectivity index (χ1) is 16.2. The Bertz CT molecular complexity index is 913. The fraction of sp³-hybridized carbons (Fsp3) is 0.750.